The highest BCUT2D eigenvalue weighted by Crippen LogP contribution is 2.23. The number of halogens is 2. The minimum absolute atomic E-state index is 0.0786. The van der Waals surface area contributed by atoms with E-state index in [1.165, 1.54) is 11.8 Å². The summed E-state index contributed by atoms with van der Waals surface area (Å²) in [7, 11) is 0. The van der Waals surface area contributed by atoms with Crippen LogP contribution in [-0.2, 0) is 9.59 Å². The van der Waals surface area contributed by atoms with Gasteiger partial charge in [-0.15, -0.1) is 0 Å². The van der Waals surface area contributed by atoms with Gasteiger partial charge >= 0.3 is 0 Å². The Morgan fingerprint density at radius 3 is 2.39 bits per heavy atom. The summed E-state index contributed by atoms with van der Waals surface area (Å²) in [4.78, 5) is 25.4. The van der Waals surface area contributed by atoms with Crippen LogP contribution in [0.15, 0.2) is 46.9 Å². The number of carbonyl (C=O) groups excluding carboxylic acids is 2. The maximum Gasteiger partial charge on any atom is 0.244 e. The van der Waals surface area contributed by atoms with E-state index < -0.39 is 0 Å². The number of benzene rings is 2. The molecule has 23 heavy (non-hydrogen) atoms. The lowest BCUT2D eigenvalue weighted by atomic mass is 10.2. The molecule has 0 spiro atoms. The van der Waals surface area contributed by atoms with Crippen LogP contribution in [0.2, 0.25) is 5.02 Å². The lowest BCUT2D eigenvalue weighted by Gasteiger charge is -2.21. The summed E-state index contributed by atoms with van der Waals surface area (Å²) in [5.74, 6) is -0.505. The Bertz CT molecular complexity index is 732. The molecule has 0 radical (unpaired) electrons. The second-order valence-electron chi connectivity index (χ2n) is 5.09. The predicted octanol–water partition coefficient (Wildman–Crippen LogP) is 4.40. The zero-order valence-corrected chi connectivity index (χ0v) is 15.1. The molecular weight excluding hydrogens is 380 g/mol. The van der Waals surface area contributed by atoms with Crippen LogP contribution in [0, 0.1) is 6.92 Å². The van der Waals surface area contributed by atoms with Crippen molar-refractivity contribution in [3.05, 3.63) is 57.5 Å². The van der Waals surface area contributed by atoms with Crippen LogP contribution in [0.4, 0.5) is 11.4 Å². The zero-order chi connectivity index (χ0) is 17.0. The highest BCUT2D eigenvalue weighted by molar-refractivity contribution is 9.10. The highest BCUT2D eigenvalue weighted by atomic mass is 79.9. The molecule has 0 saturated heterocycles. The molecule has 0 saturated carbocycles. The van der Waals surface area contributed by atoms with Crippen molar-refractivity contribution < 1.29 is 9.59 Å². The van der Waals surface area contributed by atoms with Crippen LogP contribution in [0.25, 0.3) is 0 Å². The summed E-state index contributed by atoms with van der Waals surface area (Å²) in [6.45, 7) is 3.22. The minimum Gasteiger partial charge on any atom is -0.325 e. The Morgan fingerprint density at radius 1 is 1.17 bits per heavy atom. The van der Waals surface area contributed by atoms with Gasteiger partial charge in [0.2, 0.25) is 11.8 Å². The van der Waals surface area contributed by atoms with Crippen molar-refractivity contribution in [3.8, 4) is 0 Å². The number of amides is 2. The summed E-state index contributed by atoms with van der Waals surface area (Å²) < 4.78 is 0.926. The van der Waals surface area contributed by atoms with Crippen LogP contribution in [0.5, 0.6) is 0 Å². The molecule has 0 atom stereocenters. The number of anilines is 2. The molecule has 1 N–H and O–H groups in total. The van der Waals surface area contributed by atoms with Crippen molar-refractivity contribution in [2.75, 3.05) is 16.8 Å². The Balaban J connectivity index is 2.12. The minimum atomic E-state index is -0.279. The van der Waals surface area contributed by atoms with E-state index in [-0.39, 0.29) is 18.4 Å². The molecule has 0 aliphatic heterocycles. The summed E-state index contributed by atoms with van der Waals surface area (Å²) in [6.07, 6.45) is 0. The standard InChI is InChI=1S/C17H16BrClN2O2/c1-11-3-8-15(9-16(11)19)21(12(2)22)10-17(23)20-14-6-4-13(18)5-7-14/h3-9H,10H2,1-2H3,(H,20,23). The summed E-state index contributed by atoms with van der Waals surface area (Å²) in [5, 5.41) is 3.32. The number of carbonyl (C=O) groups is 2. The van der Waals surface area contributed by atoms with Gasteiger partial charge in [-0.05, 0) is 48.9 Å². The third-order valence-corrected chi connectivity index (χ3v) is 4.21. The number of hydrogen-bond donors (Lipinski definition) is 1. The van der Waals surface area contributed by atoms with E-state index in [9.17, 15) is 9.59 Å². The van der Waals surface area contributed by atoms with E-state index >= 15 is 0 Å². The van der Waals surface area contributed by atoms with Crippen LogP contribution in [0.3, 0.4) is 0 Å². The van der Waals surface area contributed by atoms with Crippen LogP contribution in [-0.4, -0.2) is 18.4 Å². The summed E-state index contributed by atoms with van der Waals surface area (Å²) in [6, 6.07) is 12.5. The average Bonchev–Trinajstić information content (AvgIpc) is 2.50. The monoisotopic (exact) mass is 394 g/mol. The van der Waals surface area contributed by atoms with E-state index in [1.54, 1.807) is 24.3 Å². The third kappa shape index (κ3) is 4.81. The maximum atomic E-state index is 12.2. The Hall–Kier alpha value is -1.85. The van der Waals surface area contributed by atoms with Crippen molar-refractivity contribution in [2.24, 2.45) is 0 Å². The molecule has 0 fully saturated rings. The number of nitrogens with one attached hydrogen (secondary N) is 1. The van der Waals surface area contributed by atoms with E-state index in [0.29, 0.717) is 16.4 Å². The van der Waals surface area contributed by atoms with Gasteiger partial charge in [-0.25, -0.2) is 0 Å². The fourth-order valence-electron chi connectivity index (χ4n) is 2.01. The molecule has 4 nitrogen and oxygen atoms in total. The van der Waals surface area contributed by atoms with Crippen molar-refractivity contribution in [1.29, 1.82) is 0 Å². The molecule has 2 aromatic rings. The molecule has 0 aliphatic rings. The first-order chi connectivity index (χ1) is 10.9. The van der Waals surface area contributed by atoms with Gasteiger partial charge in [0.25, 0.3) is 0 Å². The normalized spacial score (nSPS) is 10.3. The van der Waals surface area contributed by atoms with Gasteiger partial charge in [0.15, 0.2) is 0 Å². The first-order valence-corrected chi connectivity index (χ1v) is 8.13. The van der Waals surface area contributed by atoms with Crippen molar-refractivity contribution in [2.45, 2.75) is 13.8 Å². The van der Waals surface area contributed by atoms with Gasteiger partial charge in [0.05, 0.1) is 0 Å². The molecule has 2 aromatic carbocycles. The quantitative estimate of drug-likeness (QED) is 0.834. The number of hydrogen-bond acceptors (Lipinski definition) is 2. The van der Waals surface area contributed by atoms with Crippen LogP contribution in [0.1, 0.15) is 12.5 Å². The van der Waals surface area contributed by atoms with Gasteiger partial charge in [0.1, 0.15) is 6.54 Å². The SMILES string of the molecule is CC(=O)N(CC(=O)Nc1ccc(Br)cc1)c1ccc(C)c(Cl)c1. The molecule has 0 bridgehead atoms. The largest absolute Gasteiger partial charge is 0.325 e. The molecule has 2 amide bonds. The van der Waals surface area contributed by atoms with Crippen molar-refractivity contribution in [1.82, 2.24) is 0 Å². The number of rotatable bonds is 4. The van der Waals surface area contributed by atoms with E-state index in [2.05, 4.69) is 21.2 Å². The van der Waals surface area contributed by atoms with Crippen molar-refractivity contribution in [3.63, 3.8) is 0 Å². The van der Waals surface area contributed by atoms with E-state index in [1.807, 2.05) is 25.1 Å². The van der Waals surface area contributed by atoms with Gasteiger partial charge in [-0.3, -0.25) is 9.59 Å². The van der Waals surface area contributed by atoms with Gasteiger partial charge in [-0.2, -0.15) is 0 Å². The second kappa shape index (κ2) is 7.62. The molecule has 0 unspecified atom stereocenters. The van der Waals surface area contributed by atoms with E-state index in [4.69, 9.17) is 11.6 Å². The summed E-state index contributed by atoms with van der Waals surface area (Å²) >= 11 is 9.44. The average molecular weight is 396 g/mol. The fraction of sp³-hybridized carbons (Fsp3) is 0.176. The Kier molecular flexibility index (Phi) is 5.80. The fourth-order valence-corrected chi connectivity index (χ4v) is 2.45. The van der Waals surface area contributed by atoms with Gasteiger partial charge < -0.3 is 10.2 Å². The van der Waals surface area contributed by atoms with Gasteiger partial charge in [0, 0.05) is 27.8 Å². The molecule has 2 rings (SSSR count). The second-order valence-corrected chi connectivity index (χ2v) is 6.42. The number of aryl methyl sites for hydroxylation is 1. The van der Waals surface area contributed by atoms with Crippen LogP contribution < -0.4 is 10.2 Å². The number of nitrogens with zero attached hydrogens (tertiary/aromatic N) is 1. The zero-order valence-electron chi connectivity index (χ0n) is 12.8. The lowest BCUT2D eigenvalue weighted by molar-refractivity contribution is -0.120. The highest BCUT2D eigenvalue weighted by Gasteiger charge is 2.16. The molecular formula is C17H16BrClN2O2. The molecule has 120 valence electrons. The van der Waals surface area contributed by atoms with Crippen LogP contribution >= 0.6 is 27.5 Å². The molecule has 6 heteroatoms. The molecule has 0 aliphatic carbocycles. The third-order valence-electron chi connectivity index (χ3n) is 3.28. The Morgan fingerprint density at radius 2 is 1.83 bits per heavy atom. The first-order valence-electron chi connectivity index (χ1n) is 6.96. The van der Waals surface area contributed by atoms with E-state index in [0.717, 1.165) is 10.0 Å². The Labute approximate surface area is 148 Å². The summed E-state index contributed by atoms with van der Waals surface area (Å²) in [5.41, 5.74) is 2.18. The lowest BCUT2D eigenvalue weighted by Crippen LogP contribution is -2.36. The maximum absolute atomic E-state index is 12.2. The van der Waals surface area contributed by atoms with Crippen molar-refractivity contribution >= 4 is 50.7 Å². The first kappa shape index (κ1) is 17.5. The molecule has 0 aromatic heterocycles. The predicted molar refractivity (Wildman–Crippen MR) is 97.0 cm³/mol. The van der Waals surface area contributed by atoms with Gasteiger partial charge in [-0.1, -0.05) is 33.6 Å². The topological polar surface area (TPSA) is 49.4 Å². The molecule has 0 heterocycles. The smallest absolute Gasteiger partial charge is 0.244 e.